The Labute approximate surface area is 73.9 Å². The van der Waals surface area contributed by atoms with Gasteiger partial charge in [-0.15, -0.1) is 0 Å². The van der Waals surface area contributed by atoms with Gasteiger partial charge in [-0.05, 0) is 26.2 Å². The van der Waals surface area contributed by atoms with Crippen molar-refractivity contribution >= 4 is 5.91 Å². The van der Waals surface area contributed by atoms with E-state index in [0.29, 0.717) is 5.91 Å². The lowest BCUT2D eigenvalue weighted by molar-refractivity contribution is -0.132. The molecule has 2 heteroatoms. The predicted molar refractivity (Wildman–Crippen MR) is 47.8 cm³/mol. The van der Waals surface area contributed by atoms with E-state index in [-0.39, 0.29) is 5.54 Å². The molecule has 1 heterocycles. The van der Waals surface area contributed by atoms with E-state index in [0.717, 1.165) is 19.4 Å². The Morgan fingerprint density at radius 3 is 2.42 bits per heavy atom. The third kappa shape index (κ3) is 1.13. The third-order valence-electron chi connectivity index (χ3n) is 3.41. The van der Waals surface area contributed by atoms with Gasteiger partial charge in [0.2, 0.25) is 5.91 Å². The topological polar surface area (TPSA) is 20.3 Å². The molecule has 2 rings (SSSR count). The van der Waals surface area contributed by atoms with Gasteiger partial charge in [-0.1, -0.05) is 12.8 Å². The quantitative estimate of drug-likeness (QED) is 0.584. The lowest BCUT2D eigenvalue weighted by atomic mass is 9.98. The number of nitrogens with zero attached hydrogens (tertiary/aromatic N) is 1. The molecule has 0 bridgehead atoms. The van der Waals surface area contributed by atoms with Gasteiger partial charge in [-0.25, -0.2) is 0 Å². The minimum atomic E-state index is 0.230. The van der Waals surface area contributed by atoms with Gasteiger partial charge < -0.3 is 4.90 Å². The van der Waals surface area contributed by atoms with Crippen LogP contribution in [0.4, 0.5) is 0 Å². The minimum Gasteiger partial charge on any atom is -0.337 e. The Morgan fingerprint density at radius 1 is 1.25 bits per heavy atom. The molecule has 2 aliphatic rings. The van der Waals surface area contributed by atoms with Gasteiger partial charge in [0.25, 0.3) is 0 Å². The van der Waals surface area contributed by atoms with E-state index in [9.17, 15) is 4.79 Å². The minimum absolute atomic E-state index is 0.230. The molecule has 0 unspecified atom stereocenters. The molecule has 0 radical (unpaired) electrons. The van der Waals surface area contributed by atoms with Gasteiger partial charge in [-0.2, -0.15) is 0 Å². The largest absolute Gasteiger partial charge is 0.337 e. The Balaban J connectivity index is 2.11. The van der Waals surface area contributed by atoms with Crippen LogP contribution >= 0.6 is 0 Å². The van der Waals surface area contributed by atoms with Crippen molar-refractivity contribution in [1.82, 2.24) is 4.90 Å². The van der Waals surface area contributed by atoms with Crippen molar-refractivity contribution in [2.24, 2.45) is 0 Å². The van der Waals surface area contributed by atoms with Crippen LogP contribution in [0, 0.1) is 0 Å². The standard InChI is InChI=1S/C10H17NO/c1-10(6-2-3-7-10)11-8-4-5-9(11)12/h2-8H2,1H3. The number of amides is 1. The first-order valence-corrected chi connectivity index (χ1v) is 5.03. The summed E-state index contributed by atoms with van der Waals surface area (Å²) in [7, 11) is 0. The van der Waals surface area contributed by atoms with Crippen LogP contribution in [0.3, 0.4) is 0 Å². The van der Waals surface area contributed by atoms with Crippen LogP contribution in [0.15, 0.2) is 0 Å². The zero-order valence-electron chi connectivity index (χ0n) is 7.81. The molecule has 12 heavy (non-hydrogen) atoms. The molecule has 1 saturated heterocycles. The van der Waals surface area contributed by atoms with Gasteiger partial charge in [0.15, 0.2) is 0 Å². The average Bonchev–Trinajstić information content (AvgIpc) is 2.59. The van der Waals surface area contributed by atoms with E-state index in [1.807, 2.05) is 0 Å². The highest BCUT2D eigenvalue weighted by Gasteiger charge is 2.39. The summed E-state index contributed by atoms with van der Waals surface area (Å²) in [6.07, 6.45) is 6.92. The second kappa shape index (κ2) is 2.75. The fourth-order valence-corrected chi connectivity index (χ4v) is 2.63. The Hall–Kier alpha value is -0.530. The third-order valence-corrected chi connectivity index (χ3v) is 3.41. The molecule has 0 aromatic rings. The van der Waals surface area contributed by atoms with Gasteiger partial charge in [-0.3, -0.25) is 4.79 Å². The van der Waals surface area contributed by atoms with Crippen LogP contribution in [0.5, 0.6) is 0 Å². The molecular weight excluding hydrogens is 150 g/mol. The molecule has 1 saturated carbocycles. The molecule has 0 N–H and O–H groups in total. The molecule has 68 valence electrons. The molecule has 1 aliphatic heterocycles. The maximum Gasteiger partial charge on any atom is 0.223 e. The number of hydrogen-bond donors (Lipinski definition) is 0. The Kier molecular flexibility index (Phi) is 1.85. The van der Waals surface area contributed by atoms with E-state index < -0.39 is 0 Å². The van der Waals surface area contributed by atoms with Gasteiger partial charge in [0.1, 0.15) is 0 Å². The van der Waals surface area contributed by atoms with Crippen molar-refractivity contribution in [3.63, 3.8) is 0 Å². The second-order valence-corrected chi connectivity index (χ2v) is 4.35. The smallest absolute Gasteiger partial charge is 0.223 e. The summed E-state index contributed by atoms with van der Waals surface area (Å²) in [5, 5.41) is 0. The van der Waals surface area contributed by atoms with E-state index in [2.05, 4.69) is 11.8 Å². The first kappa shape index (κ1) is 8.09. The molecule has 0 spiro atoms. The van der Waals surface area contributed by atoms with Crippen molar-refractivity contribution in [1.29, 1.82) is 0 Å². The summed E-state index contributed by atoms with van der Waals surface area (Å²) in [5.41, 5.74) is 0.230. The molecule has 2 nitrogen and oxygen atoms in total. The SMILES string of the molecule is CC1(N2CCCC2=O)CCCC1. The van der Waals surface area contributed by atoms with Crippen molar-refractivity contribution in [2.75, 3.05) is 6.54 Å². The van der Waals surface area contributed by atoms with Crippen LogP contribution in [0.25, 0.3) is 0 Å². The lowest BCUT2D eigenvalue weighted by Crippen LogP contribution is -2.44. The second-order valence-electron chi connectivity index (χ2n) is 4.35. The summed E-state index contributed by atoms with van der Waals surface area (Å²) < 4.78 is 0. The van der Waals surface area contributed by atoms with Gasteiger partial charge in [0.05, 0.1) is 0 Å². The number of likely N-dealkylation sites (tertiary alicyclic amines) is 1. The molecule has 2 fully saturated rings. The number of rotatable bonds is 1. The molecule has 1 amide bonds. The molecular formula is C10H17NO. The van der Waals surface area contributed by atoms with E-state index in [4.69, 9.17) is 0 Å². The number of hydrogen-bond acceptors (Lipinski definition) is 1. The molecule has 0 atom stereocenters. The molecule has 0 aromatic heterocycles. The van der Waals surface area contributed by atoms with Crippen molar-refractivity contribution < 1.29 is 4.79 Å². The van der Waals surface area contributed by atoms with E-state index >= 15 is 0 Å². The fourth-order valence-electron chi connectivity index (χ4n) is 2.63. The first-order valence-electron chi connectivity index (χ1n) is 5.03. The Bertz CT molecular complexity index is 194. The van der Waals surface area contributed by atoms with E-state index in [1.165, 1.54) is 25.7 Å². The predicted octanol–water partition coefficient (Wildman–Crippen LogP) is 1.94. The number of carbonyl (C=O) groups is 1. The highest BCUT2D eigenvalue weighted by Crippen LogP contribution is 2.37. The zero-order chi connectivity index (χ0) is 8.60. The summed E-state index contributed by atoms with van der Waals surface area (Å²) in [6, 6.07) is 0. The maximum absolute atomic E-state index is 11.5. The monoisotopic (exact) mass is 167 g/mol. The normalized spacial score (nSPS) is 28.4. The van der Waals surface area contributed by atoms with Gasteiger partial charge in [0, 0.05) is 18.5 Å². The van der Waals surface area contributed by atoms with Crippen LogP contribution < -0.4 is 0 Å². The van der Waals surface area contributed by atoms with Crippen molar-refractivity contribution in [2.45, 2.75) is 51.0 Å². The summed E-state index contributed by atoms with van der Waals surface area (Å²) in [5.74, 6) is 0.388. The first-order chi connectivity index (χ1) is 5.72. The van der Waals surface area contributed by atoms with Crippen molar-refractivity contribution in [3.05, 3.63) is 0 Å². The number of carbonyl (C=O) groups excluding carboxylic acids is 1. The van der Waals surface area contributed by atoms with Crippen LogP contribution in [-0.2, 0) is 4.79 Å². The summed E-state index contributed by atoms with van der Waals surface area (Å²) >= 11 is 0. The Morgan fingerprint density at radius 2 is 1.92 bits per heavy atom. The average molecular weight is 167 g/mol. The highest BCUT2D eigenvalue weighted by atomic mass is 16.2. The fraction of sp³-hybridized carbons (Fsp3) is 0.900. The lowest BCUT2D eigenvalue weighted by Gasteiger charge is -2.35. The van der Waals surface area contributed by atoms with Crippen LogP contribution in [0.2, 0.25) is 0 Å². The highest BCUT2D eigenvalue weighted by molar-refractivity contribution is 5.79. The van der Waals surface area contributed by atoms with Crippen molar-refractivity contribution in [3.8, 4) is 0 Å². The summed E-state index contributed by atoms with van der Waals surface area (Å²) in [4.78, 5) is 13.6. The zero-order valence-corrected chi connectivity index (χ0v) is 7.81. The molecule has 0 aromatic carbocycles. The van der Waals surface area contributed by atoms with E-state index in [1.54, 1.807) is 0 Å². The molecule has 1 aliphatic carbocycles. The van der Waals surface area contributed by atoms with Crippen LogP contribution in [-0.4, -0.2) is 22.9 Å². The van der Waals surface area contributed by atoms with Crippen LogP contribution in [0.1, 0.15) is 45.4 Å². The van der Waals surface area contributed by atoms with Gasteiger partial charge >= 0.3 is 0 Å². The maximum atomic E-state index is 11.5. The summed E-state index contributed by atoms with van der Waals surface area (Å²) in [6.45, 7) is 3.26.